The van der Waals surface area contributed by atoms with Crippen LogP contribution in [0.5, 0.6) is 5.75 Å². The molecule has 0 saturated heterocycles. The Labute approximate surface area is 113 Å². The molecule has 1 atom stereocenters. The van der Waals surface area contributed by atoms with E-state index < -0.39 is 0 Å². The molecule has 18 heavy (non-hydrogen) atoms. The lowest BCUT2D eigenvalue weighted by molar-refractivity contribution is 0.0892. The molecule has 0 aliphatic carbocycles. The van der Waals surface area contributed by atoms with Crippen molar-refractivity contribution in [3.8, 4) is 5.75 Å². The van der Waals surface area contributed by atoms with Crippen LogP contribution in [-0.2, 0) is 0 Å². The number of nitrogens with two attached hydrogens (primary N) is 1. The van der Waals surface area contributed by atoms with Gasteiger partial charge in [0.05, 0.1) is 11.6 Å². The number of hydrogen-bond acceptors (Lipinski definition) is 3. The van der Waals surface area contributed by atoms with Crippen LogP contribution in [0.1, 0.15) is 31.1 Å². The van der Waals surface area contributed by atoms with Crippen molar-refractivity contribution in [1.82, 2.24) is 0 Å². The molecule has 1 unspecified atom stereocenters. The van der Waals surface area contributed by atoms with Crippen LogP contribution in [0, 0.1) is 11.8 Å². The minimum absolute atomic E-state index is 0.0393. The summed E-state index contributed by atoms with van der Waals surface area (Å²) in [6, 6.07) is 5.12. The van der Waals surface area contributed by atoms with Crippen LogP contribution >= 0.6 is 11.6 Å². The van der Waals surface area contributed by atoms with Gasteiger partial charge in [-0.15, -0.1) is 0 Å². The van der Waals surface area contributed by atoms with Crippen LogP contribution in [0.2, 0.25) is 5.02 Å². The van der Waals surface area contributed by atoms with Crippen LogP contribution in [0.3, 0.4) is 0 Å². The number of benzene rings is 1. The standard InChI is InChI=1S/C14H20ClNO2/c1-4-18-13-6-5-10(7-12(13)15)14(17)11(8-16)9(2)3/h5-7,9,11H,4,8,16H2,1-3H3. The molecule has 1 rings (SSSR count). The van der Waals surface area contributed by atoms with E-state index in [4.69, 9.17) is 22.1 Å². The molecule has 0 bridgehead atoms. The lowest BCUT2D eigenvalue weighted by atomic mass is 9.88. The van der Waals surface area contributed by atoms with Crippen molar-refractivity contribution in [2.45, 2.75) is 20.8 Å². The van der Waals surface area contributed by atoms with Gasteiger partial charge in [0.2, 0.25) is 0 Å². The van der Waals surface area contributed by atoms with E-state index in [0.29, 0.717) is 29.5 Å². The normalized spacial score (nSPS) is 12.6. The predicted octanol–water partition coefficient (Wildman–Crippen LogP) is 3.15. The first kappa shape index (κ1) is 15.0. The summed E-state index contributed by atoms with van der Waals surface area (Å²) in [5.74, 6) is 0.689. The second kappa shape index (κ2) is 6.76. The first-order valence-corrected chi connectivity index (χ1v) is 6.55. The Morgan fingerprint density at radius 1 is 1.44 bits per heavy atom. The molecule has 0 aliphatic heterocycles. The molecule has 0 amide bonds. The van der Waals surface area contributed by atoms with Crippen LogP contribution < -0.4 is 10.5 Å². The fourth-order valence-electron chi connectivity index (χ4n) is 1.82. The Morgan fingerprint density at radius 3 is 2.56 bits per heavy atom. The zero-order valence-corrected chi connectivity index (χ0v) is 11.8. The van der Waals surface area contributed by atoms with Crippen LogP contribution in [0.15, 0.2) is 18.2 Å². The smallest absolute Gasteiger partial charge is 0.167 e. The number of hydrogen-bond donors (Lipinski definition) is 1. The lowest BCUT2D eigenvalue weighted by Gasteiger charge is -2.18. The van der Waals surface area contributed by atoms with Crippen molar-refractivity contribution in [3.05, 3.63) is 28.8 Å². The second-order valence-corrected chi connectivity index (χ2v) is 4.94. The van der Waals surface area contributed by atoms with Crippen molar-refractivity contribution >= 4 is 17.4 Å². The van der Waals surface area contributed by atoms with Crippen molar-refractivity contribution in [2.75, 3.05) is 13.2 Å². The van der Waals surface area contributed by atoms with E-state index in [-0.39, 0.29) is 17.6 Å². The molecule has 100 valence electrons. The minimum atomic E-state index is -0.168. The van der Waals surface area contributed by atoms with Gasteiger partial charge < -0.3 is 10.5 Å². The number of halogens is 1. The van der Waals surface area contributed by atoms with Gasteiger partial charge in [-0.05, 0) is 31.0 Å². The fraction of sp³-hybridized carbons (Fsp3) is 0.500. The number of ether oxygens (including phenoxy) is 1. The predicted molar refractivity (Wildman–Crippen MR) is 74.3 cm³/mol. The summed E-state index contributed by atoms with van der Waals surface area (Å²) in [4.78, 5) is 12.3. The summed E-state index contributed by atoms with van der Waals surface area (Å²) in [6.45, 7) is 6.77. The summed E-state index contributed by atoms with van der Waals surface area (Å²) in [7, 11) is 0. The first-order chi connectivity index (χ1) is 8.51. The van der Waals surface area contributed by atoms with Crippen LogP contribution in [-0.4, -0.2) is 18.9 Å². The van der Waals surface area contributed by atoms with Gasteiger partial charge in [-0.3, -0.25) is 4.79 Å². The topological polar surface area (TPSA) is 52.3 Å². The molecule has 0 fully saturated rings. The summed E-state index contributed by atoms with van der Waals surface area (Å²) in [5.41, 5.74) is 6.24. The Bertz CT molecular complexity index is 418. The molecule has 0 saturated carbocycles. The molecule has 1 aromatic rings. The Kier molecular flexibility index (Phi) is 5.63. The van der Waals surface area contributed by atoms with Crippen molar-refractivity contribution in [3.63, 3.8) is 0 Å². The first-order valence-electron chi connectivity index (χ1n) is 6.17. The highest BCUT2D eigenvalue weighted by molar-refractivity contribution is 6.32. The van der Waals surface area contributed by atoms with E-state index >= 15 is 0 Å². The third-order valence-electron chi connectivity index (χ3n) is 2.91. The van der Waals surface area contributed by atoms with Gasteiger partial charge in [-0.1, -0.05) is 25.4 Å². The van der Waals surface area contributed by atoms with Gasteiger partial charge in [0.15, 0.2) is 5.78 Å². The lowest BCUT2D eigenvalue weighted by Crippen LogP contribution is -2.28. The third kappa shape index (κ3) is 3.47. The van der Waals surface area contributed by atoms with Gasteiger partial charge in [0, 0.05) is 18.0 Å². The van der Waals surface area contributed by atoms with Gasteiger partial charge in [0.1, 0.15) is 5.75 Å². The maximum atomic E-state index is 12.3. The highest BCUT2D eigenvalue weighted by atomic mass is 35.5. The molecule has 0 heterocycles. The van der Waals surface area contributed by atoms with Crippen LogP contribution in [0.25, 0.3) is 0 Å². The van der Waals surface area contributed by atoms with E-state index in [0.717, 1.165) is 0 Å². The molecule has 4 heteroatoms. The minimum Gasteiger partial charge on any atom is -0.492 e. The number of Topliss-reactive ketones (excluding diaryl/α,β-unsaturated/α-hetero) is 1. The number of ketones is 1. The van der Waals surface area contributed by atoms with Crippen molar-refractivity contribution in [2.24, 2.45) is 17.6 Å². The van der Waals surface area contributed by atoms with Gasteiger partial charge in [-0.25, -0.2) is 0 Å². The van der Waals surface area contributed by atoms with Crippen LogP contribution in [0.4, 0.5) is 0 Å². The zero-order valence-electron chi connectivity index (χ0n) is 11.1. The molecule has 3 nitrogen and oxygen atoms in total. The zero-order chi connectivity index (χ0) is 13.7. The van der Waals surface area contributed by atoms with Gasteiger partial charge in [-0.2, -0.15) is 0 Å². The number of carbonyl (C=O) groups excluding carboxylic acids is 1. The molecular formula is C14H20ClNO2. The second-order valence-electron chi connectivity index (χ2n) is 4.53. The molecule has 0 radical (unpaired) electrons. The monoisotopic (exact) mass is 269 g/mol. The largest absolute Gasteiger partial charge is 0.492 e. The molecular weight excluding hydrogens is 250 g/mol. The van der Waals surface area contributed by atoms with E-state index in [1.165, 1.54) is 0 Å². The van der Waals surface area contributed by atoms with Crippen molar-refractivity contribution in [1.29, 1.82) is 0 Å². The van der Waals surface area contributed by atoms with E-state index in [2.05, 4.69) is 0 Å². The van der Waals surface area contributed by atoms with E-state index in [1.807, 2.05) is 20.8 Å². The maximum Gasteiger partial charge on any atom is 0.167 e. The third-order valence-corrected chi connectivity index (χ3v) is 3.21. The number of rotatable bonds is 6. The highest BCUT2D eigenvalue weighted by Crippen LogP contribution is 2.27. The SMILES string of the molecule is CCOc1ccc(C(=O)C(CN)C(C)C)cc1Cl. The Morgan fingerprint density at radius 2 is 2.11 bits per heavy atom. The summed E-state index contributed by atoms with van der Waals surface area (Å²) in [5, 5.41) is 0.460. The summed E-state index contributed by atoms with van der Waals surface area (Å²) in [6.07, 6.45) is 0. The van der Waals surface area contributed by atoms with E-state index in [1.54, 1.807) is 18.2 Å². The average molecular weight is 270 g/mol. The Hall–Kier alpha value is -1.06. The van der Waals surface area contributed by atoms with Crippen molar-refractivity contribution < 1.29 is 9.53 Å². The molecule has 0 aromatic heterocycles. The van der Waals surface area contributed by atoms with Gasteiger partial charge >= 0.3 is 0 Å². The molecule has 0 spiro atoms. The molecule has 0 aliphatic rings. The molecule has 1 aromatic carbocycles. The Balaban J connectivity index is 2.96. The quantitative estimate of drug-likeness (QED) is 0.807. The average Bonchev–Trinajstić information content (AvgIpc) is 2.32. The van der Waals surface area contributed by atoms with Gasteiger partial charge in [0.25, 0.3) is 0 Å². The summed E-state index contributed by atoms with van der Waals surface area (Å²) < 4.78 is 5.34. The summed E-state index contributed by atoms with van der Waals surface area (Å²) >= 11 is 6.07. The number of carbonyl (C=O) groups is 1. The maximum absolute atomic E-state index is 12.3. The fourth-order valence-corrected chi connectivity index (χ4v) is 2.06. The molecule has 2 N–H and O–H groups in total. The highest BCUT2D eigenvalue weighted by Gasteiger charge is 2.22. The van der Waals surface area contributed by atoms with E-state index in [9.17, 15) is 4.79 Å².